The summed E-state index contributed by atoms with van der Waals surface area (Å²) in [6.45, 7) is 2.74. The summed E-state index contributed by atoms with van der Waals surface area (Å²) in [4.78, 5) is 22.1. The lowest BCUT2D eigenvalue weighted by molar-refractivity contribution is -0.384. The second-order valence-electron chi connectivity index (χ2n) is 5.40. The number of ether oxygens (including phenoxy) is 1. The minimum absolute atomic E-state index is 0.0153. The Hall–Kier alpha value is -3.15. The highest BCUT2D eigenvalue weighted by atomic mass is 16.6. The molecule has 2 aromatic carbocycles. The van der Waals surface area contributed by atoms with Crippen LogP contribution >= 0.6 is 0 Å². The molecule has 0 spiro atoms. The predicted octanol–water partition coefficient (Wildman–Crippen LogP) is 4.43. The number of anilines is 1. The summed E-state index contributed by atoms with van der Waals surface area (Å²) in [6.07, 6.45) is 5.02. The van der Waals surface area contributed by atoms with Crippen LogP contribution in [0.1, 0.15) is 25.3 Å². The molecule has 2 aromatic rings. The average molecular weight is 340 g/mol. The lowest BCUT2D eigenvalue weighted by Crippen LogP contribution is -2.08. The van der Waals surface area contributed by atoms with Crippen LogP contribution in [0.3, 0.4) is 0 Å². The van der Waals surface area contributed by atoms with E-state index in [2.05, 4.69) is 12.2 Å². The normalized spacial score (nSPS) is 10.6. The number of carbonyl (C=O) groups excluding carboxylic acids is 1. The molecule has 0 bridgehead atoms. The molecule has 0 radical (unpaired) electrons. The summed E-state index contributed by atoms with van der Waals surface area (Å²) < 4.78 is 5.60. The van der Waals surface area contributed by atoms with Gasteiger partial charge in [-0.2, -0.15) is 0 Å². The van der Waals surface area contributed by atoms with E-state index in [-0.39, 0.29) is 11.6 Å². The van der Waals surface area contributed by atoms with E-state index in [0.29, 0.717) is 23.6 Å². The molecule has 0 saturated heterocycles. The molecule has 2 rings (SSSR count). The fourth-order valence-electron chi connectivity index (χ4n) is 2.06. The molecular weight excluding hydrogens is 320 g/mol. The zero-order valence-corrected chi connectivity index (χ0v) is 14.0. The number of benzene rings is 2. The van der Waals surface area contributed by atoms with Gasteiger partial charge in [0.1, 0.15) is 5.75 Å². The molecule has 0 heterocycles. The highest BCUT2D eigenvalue weighted by Gasteiger charge is 2.03. The summed E-state index contributed by atoms with van der Waals surface area (Å²) in [6, 6.07) is 13.2. The van der Waals surface area contributed by atoms with Gasteiger partial charge in [-0.3, -0.25) is 14.9 Å². The van der Waals surface area contributed by atoms with Gasteiger partial charge in [0.2, 0.25) is 5.91 Å². The zero-order chi connectivity index (χ0) is 18.1. The highest BCUT2D eigenvalue weighted by molar-refractivity contribution is 6.02. The van der Waals surface area contributed by atoms with Gasteiger partial charge >= 0.3 is 0 Å². The van der Waals surface area contributed by atoms with Gasteiger partial charge in [-0.1, -0.05) is 19.4 Å². The smallest absolute Gasteiger partial charge is 0.269 e. The standard InChI is InChI=1S/C19H20N2O4/c1-2-3-13-25-18-6-4-5-16(14-18)20-19(22)12-9-15-7-10-17(11-8-15)21(23)24/h4-12,14H,2-3,13H2,1H3,(H,20,22)/b12-9+. The van der Waals surface area contributed by atoms with Crippen molar-refractivity contribution in [2.24, 2.45) is 0 Å². The maximum Gasteiger partial charge on any atom is 0.269 e. The fourth-order valence-corrected chi connectivity index (χ4v) is 2.06. The van der Waals surface area contributed by atoms with E-state index in [9.17, 15) is 14.9 Å². The number of non-ortho nitro benzene ring substituents is 1. The Kier molecular flexibility index (Phi) is 6.71. The Labute approximate surface area is 146 Å². The number of carbonyl (C=O) groups is 1. The van der Waals surface area contributed by atoms with Crippen LogP contribution in [0.4, 0.5) is 11.4 Å². The molecule has 0 saturated carbocycles. The van der Waals surface area contributed by atoms with E-state index in [0.717, 1.165) is 12.8 Å². The summed E-state index contributed by atoms with van der Waals surface area (Å²) in [5, 5.41) is 13.4. The molecule has 0 aliphatic rings. The van der Waals surface area contributed by atoms with Crippen molar-refractivity contribution in [3.8, 4) is 5.75 Å². The summed E-state index contributed by atoms with van der Waals surface area (Å²) in [5.74, 6) is 0.426. The molecular formula is C19H20N2O4. The molecule has 6 nitrogen and oxygen atoms in total. The molecule has 0 atom stereocenters. The van der Waals surface area contributed by atoms with Crippen molar-refractivity contribution in [2.75, 3.05) is 11.9 Å². The van der Waals surface area contributed by atoms with Crippen molar-refractivity contribution in [3.63, 3.8) is 0 Å². The molecule has 0 aliphatic carbocycles. The maximum absolute atomic E-state index is 12.0. The first-order valence-corrected chi connectivity index (χ1v) is 8.05. The Morgan fingerprint density at radius 1 is 1.24 bits per heavy atom. The lowest BCUT2D eigenvalue weighted by atomic mass is 10.2. The van der Waals surface area contributed by atoms with E-state index in [4.69, 9.17) is 4.74 Å². The van der Waals surface area contributed by atoms with Crippen LogP contribution in [0.15, 0.2) is 54.6 Å². The van der Waals surface area contributed by atoms with Crippen LogP contribution in [0.2, 0.25) is 0 Å². The van der Waals surface area contributed by atoms with Crippen LogP contribution in [0.25, 0.3) is 6.08 Å². The molecule has 130 valence electrons. The SMILES string of the molecule is CCCCOc1cccc(NC(=O)/C=C/c2ccc([N+](=O)[O-])cc2)c1. The summed E-state index contributed by atoms with van der Waals surface area (Å²) in [5.41, 5.74) is 1.37. The number of amides is 1. The Morgan fingerprint density at radius 3 is 2.68 bits per heavy atom. The van der Waals surface area contributed by atoms with Gasteiger partial charge < -0.3 is 10.1 Å². The topological polar surface area (TPSA) is 81.5 Å². The van der Waals surface area contributed by atoms with Gasteiger partial charge in [0.25, 0.3) is 5.69 Å². The quantitative estimate of drug-likeness (QED) is 0.334. The minimum atomic E-state index is -0.463. The third kappa shape index (κ3) is 6.10. The first-order valence-electron chi connectivity index (χ1n) is 8.05. The first-order chi connectivity index (χ1) is 12.1. The third-order valence-electron chi connectivity index (χ3n) is 3.40. The molecule has 1 N–H and O–H groups in total. The Morgan fingerprint density at radius 2 is 2.00 bits per heavy atom. The van der Waals surface area contributed by atoms with Gasteiger partial charge in [0.15, 0.2) is 0 Å². The molecule has 0 aromatic heterocycles. The van der Waals surface area contributed by atoms with Crippen LogP contribution < -0.4 is 10.1 Å². The van der Waals surface area contributed by atoms with Gasteiger partial charge in [-0.05, 0) is 42.3 Å². The molecule has 0 unspecified atom stereocenters. The molecule has 1 amide bonds. The van der Waals surface area contributed by atoms with Crippen molar-refractivity contribution in [2.45, 2.75) is 19.8 Å². The number of unbranched alkanes of at least 4 members (excludes halogenated alkanes) is 1. The van der Waals surface area contributed by atoms with Crippen molar-refractivity contribution in [1.29, 1.82) is 0 Å². The van der Waals surface area contributed by atoms with Gasteiger partial charge in [0.05, 0.1) is 11.5 Å². The number of hydrogen-bond acceptors (Lipinski definition) is 4. The van der Waals surface area contributed by atoms with Crippen molar-refractivity contribution < 1.29 is 14.5 Å². The summed E-state index contributed by atoms with van der Waals surface area (Å²) >= 11 is 0. The zero-order valence-electron chi connectivity index (χ0n) is 14.0. The average Bonchev–Trinajstić information content (AvgIpc) is 2.61. The minimum Gasteiger partial charge on any atom is -0.494 e. The fraction of sp³-hybridized carbons (Fsp3) is 0.211. The van der Waals surface area contributed by atoms with Gasteiger partial charge in [0, 0.05) is 30.0 Å². The molecule has 6 heteroatoms. The number of nitrogens with one attached hydrogen (secondary N) is 1. The van der Waals surface area contributed by atoms with Crippen molar-refractivity contribution in [1.82, 2.24) is 0 Å². The number of nitro groups is 1. The Bertz CT molecular complexity index is 754. The van der Waals surface area contributed by atoms with Crippen LogP contribution in [-0.4, -0.2) is 17.4 Å². The van der Waals surface area contributed by atoms with Crippen LogP contribution in [0.5, 0.6) is 5.75 Å². The van der Waals surface area contributed by atoms with Crippen LogP contribution in [0, 0.1) is 10.1 Å². The van der Waals surface area contributed by atoms with Gasteiger partial charge in [-0.15, -0.1) is 0 Å². The van der Waals surface area contributed by atoms with E-state index in [1.54, 1.807) is 30.3 Å². The number of rotatable bonds is 8. The third-order valence-corrected chi connectivity index (χ3v) is 3.40. The maximum atomic E-state index is 12.0. The monoisotopic (exact) mass is 340 g/mol. The summed E-state index contributed by atoms with van der Waals surface area (Å²) in [7, 11) is 0. The van der Waals surface area contributed by atoms with E-state index in [1.165, 1.54) is 18.2 Å². The molecule has 0 fully saturated rings. The first kappa shape index (κ1) is 18.2. The van der Waals surface area contributed by atoms with E-state index < -0.39 is 4.92 Å². The van der Waals surface area contributed by atoms with Crippen molar-refractivity contribution in [3.05, 3.63) is 70.3 Å². The second-order valence-corrected chi connectivity index (χ2v) is 5.40. The second kappa shape index (κ2) is 9.22. The number of nitrogens with zero attached hydrogens (tertiary/aromatic N) is 1. The van der Waals surface area contributed by atoms with E-state index >= 15 is 0 Å². The largest absolute Gasteiger partial charge is 0.494 e. The van der Waals surface area contributed by atoms with Crippen molar-refractivity contribution >= 4 is 23.4 Å². The molecule has 0 aliphatic heterocycles. The van der Waals surface area contributed by atoms with E-state index in [1.807, 2.05) is 12.1 Å². The molecule has 25 heavy (non-hydrogen) atoms. The number of nitro benzene ring substituents is 1. The van der Waals surface area contributed by atoms with Gasteiger partial charge in [-0.25, -0.2) is 0 Å². The number of hydrogen-bond donors (Lipinski definition) is 1. The Balaban J connectivity index is 1.93. The highest BCUT2D eigenvalue weighted by Crippen LogP contribution is 2.18. The predicted molar refractivity (Wildman–Crippen MR) is 97.6 cm³/mol. The lowest BCUT2D eigenvalue weighted by Gasteiger charge is -2.07. The van der Waals surface area contributed by atoms with Crippen LogP contribution in [-0.2, 0) is 4.79 Å².